The van der Waals surface area contributed by atoms with Gasteiger partial charge in [0.15, 0.2) is 5.72 Å². The molecule has 0 fully saturated rings. The molecule has 7 nitrogen and oxygen atoms in total. The van der Waals surface area contributed by atoms with Crippen LogP contribution in [0.1, 0.15) is 44.5 Å². The van der Waals surface area contributed by atoms with Crippen LogP contribution in [0, 0.1) is 15.5 Å². The first-order chi connectivity index (χ1) is 10.1. The van der Waals surface area contributed by atoms with Crippen molar-refractivity contribution >= 4 is 17.3 Å². The summed E-state index contributed by atoms with van der Waals surface area (Å²) in [6.07, 6.45) is 0.247. The lowest BCUT2D eigenvalue weighted by Crippen LogP contribution is -2.54. The molecule has 0 saturated heterocycles. The second-order valence-electron chi connectivity index (χ2n) is 6.50. The Kier molecular flexibility index (Phi) is 3.78. The van der Waals surface area contributed by atoms with E-state index in [9.17, 15) is 20.0 Å². The fourth-order valence-electron chi connectivity index (χ4n) is 2.39. The van der Waals surface area contributed by atoms with Gasteiger partial charge in [-0.2, -0.15) is 10.1 Å². The van der Waals surface area contributed by atoms with Crippen molar-refractivity contribution in [3.63, 3.8) is 0 Å². The summed E-state index contributed by atoms with van der Waals surface area (Å²) in [5.74, 6) is -0.557. The van der Waals surface area contributed by atoms with Crippen LogP contribution in [-0.2, 0) is 0 Å². The minimum absolute atomic E-state index is 0.121. The average molecular weight is 305 g/mol. The van der Waals surface area contributed by atoms with Gasteiger partial charge in [0.1, 0.15) is 0 Å². The highest BCUT2D eigenvalue weighted by atomic mass is 16.6. The van der Waals surface area contributed by atoms with E-state index >= 15 is 0 Å². The molecule has 118 valence electrons. The Morgan fingerprint density at radius 1 is 1.45 bits per heavy atom. The quantitative estimate of drug-likeness (QED) is 0.670. The summed E-state index contributed by atoms with van der Waals surface area (Å²) in [6, 6.07) is 5.41. The maximum atomic E-state index is 12.7. The van der Waals surface area contributed by atoms with Gasteiger partial charge in [-0.1, -0.05) is 26.8 Å². The molecule has 22 heavy (non-hydrogen) atoms. The number of hydrogen-bond acceptors (Lipinski definition) is 5. The normalized spacial score (nSPS) is 21.7. The van der Waals surface area contributed by atoms with E-state index in [1.165, 1.54) is 24.3 Å². The van der Waals surface area contributed by atoms with Gasteiger partial charge >= 0.3 is 0 Å². The molecule has 0 spiro atoms. The molecule has 1 unspecified atom stereocenters. The molecule has 0 bridgehead atoms. The number of amides is 1. The third-order valence-corrected chi connectivity index (χ3v) is 3.82. The van der Waals surface area contributed by atoms with Crippen LogP contribution in [-0.4, -0.2) is 32.4 Å². The van der Waals surface area contributed by atoms with Crippen molar-refractivity contribution in [2.75, 3.05) is 0 Å². The van der Waals surface area contributed by atoms with Gasteiger partial charge in [0, 0.05) is 35.2 Å². The second kappa shape index (κ2) is 5.17. The Hall–Kier alpha value is -2.28. The first kappa shape index (κ1) is 16.1. The molecule has 0 saturated carbocycles. The molecule has 0 aliphatic carbocycles. The lowest BCUT2D eigenvalue weighted by Gasteiger charge is -2.41. The minimum Gasteiger partial charge on any atom is -0.368 e. The van der Waals surface area contributed by atoms with Crippen molar-refractivity contribution in [2.45, 2.75) is 39.8 Å². The topological polar surface area (TPSA) is 96.0 Å². The number of carbonyl (C=O) groups excluding carboxylic acids is 1. The van der Waals surface area contributed by atoms with E-state index in [-0.39, 0.29) is 17.7 Å². The Balaban J connectivity index is 2.43. The average Bonchev–Trinajstić information content (AvgIpc) is 2.74. The molecule has 1 aromatic rings. The Labute approximate surface area is 128 Å². The molecule has 1 atom stereocenters. The molecular weight excluding hydrogens is 286 g/mol. The van der Waals surface area contributed by atoms with Crippen molar-refractivity contribution in [3.8, 4) is 0 Å². The number of nitrogens with zero attached hydrogens (tertiary/aromatic N) is 3. The minimum atomic E-state index is -1.46. The van der Waals surface area contributed by atoms with Crippen LogP contribution in [0.15, 0.2) is 29.4 Å². The van der Waals surface area contributed by atoms with Gasteiger partial charge < -0.3 is 5.11 Å². The van der Waals surface area contributed by atoms with Crippen LogP contribution in [0.5, 0.6) is 0 Å². The first-order valence-corrected chi connectivity index (χ1v) is 6.92. The van der Waals surface area contributed by atoms with Crippen molar-refractivity contribution < 1.29 is 14.8 Å². The van der Waals surface area contributed by atoms with Crippen LogP contribution in [0.25, 0.3) is 0 Å². The summed E-state index contributed by atoms with van der Waals surface area (Å²) in [6.45, 7) is 7.18. The van der Waals surface area contributed by atoms with Gasteiger partial charge in [0.2, 0.25) is 0 Å². The van der Waals surface area contributed by atoms with Gasteiger partial charge in [-0.3, -0.25) is 14.9 Å². The van der Waals surface area contributed by atoms with E-state index in [2.05, 4.69) is 5.10 Å². The molecule has 2 rings (SSSR count). The van der Waals surface area contributed by atoms with Crippen molar-refractivity contribution in [1.82, 2.24) is 5.01 Å². The zero-order valence-electron chi connectivity index (χ0n) is 13.0. The first-order valence-electron chi connectivity index (χ1n) is 6.92. The predicted octanol–water partition coefficient (Wildman–Crippen LogP) is 2.55. The maximum absolute atomic E-state index is 12.7. The van der Waals surface area contributed by atoms with Crippen LogP contribution >= 0.6 is 0 Å². The standard InChI is InChI=1S/C15H19N3O4/c1-10-9-15(20,14(2,3)4)17(16-10)13(19)11-6-5-7-12(8-11)18(21)22/h5-8,20H,9H2,1-4H3. The third-order valence-electron chi connectivity index (χ3n) is 3.82. The smallest absolute Gasteiger partial charge is 0.276 e. The molecular formula is C15H19N3O4. The number of hydrazone groups is 1. The molecule has 1 amide bonds. The predicted molar refractivity (Wildman–Crippen MR) is 81.4 cm³/mol. The van der Waals surface area contributed by atoms with Gasteiger partial charge in [-0.15, -0.1) is 0 Å². The lowest BCUT2D eigenvalue weighted by molar-refractivity contribution is -0.384. The van der Waals surface area contributed by atoms with E-state index in [4.69, 9.17) is 0 Å². The highest BCUT2D eigenvalue weighted by Gasteiger charge is 2.51. The Bertz CT molecular complexity index is 663. The number of hydrogen-bond donors (Lipinski definition) is 1. The van der Waals surface area contributed by atoms with Gasteiger partial charge in [0.25, 0.3) is 11.6 Å². The highest BCUT2D eigenvalue weighted by Crippen LogP contribution is 2.41. The zero-order chi connectivity index (χ0) is 16.7. The second-order valence-corrected chi connectivity index (χ2v) is 6.50. The van der Waals surface area contributed by atoms with E-state index in [0.29, 0.717) is 5.71 Å². The SMILES string of the molecule is CC1=NN(C(=O)c2cccc([N+](=O)[O-])c2)C(O)(C(C)(C)C)C1. The van der Waals surface area contributed by atoms with Crippen molar-refractivity contribution in [3.05, 3.63) is 39.9 Å². The van der Waals surface area contributed by atoms with Gasteiger partial charge in [-0.25, -0.2) is 0 Å². The van der Waals surface area contributed by atoms with Crippen LogP contribution in [0.4, 0.5) is 5.69 Å². The van der Waals surface area contributed by atoms with Gasteiger partial charge in [-0.05, 0) is 13.0 Å². The Morgan fingerprint density at radius 3 is 2.64 bits per heavy atom. The maximum Gasteiger partial charge on any atom is 0.276 e. The molecule has 0 aromatic heterocycles. The van der Waals surface area contributed by atoms with E-state index in [1.807, 2.05) is 20.8 Å². The van der Waals surface area contributed by atoms with Crippen LogP contribution in [0.3, 0.4) is 0 Å². The summed E-state index contributed by atoms with van der Waals surface area (Å²) >= 11 is 0. The number of aliphatic hydroxyl groups is 1. The number of benzene rings is 1. The number of non-ortho nitro benzene ring substituents is 1. The number of nitro benzene ring substituents is 1. The largest absolute Gasteiger partial charge is 0.368 e. The third kappa shape index (κ3) is 2.59. The monoisotopic (exact) mass is 305 g/mol. The fourth-order valence-corrected chi connectivity index (χ4v) is 2.39. The molecule has 0 radical (unpaired) electrons. The van der Waals surface area contributed by atoms with E-state index in [1.54, 1.807) is 6.92 Å². The molecule has 1 heterocycles. The summed E-state index contributed by atoms with van der Waals surface area (Å²) in [4.78, 5) is 22.9. The summed E-state index contributed by atoms with van der Waals surface area (Å²) < 4.78 is 0. The molecule has 1 aliphatic rings. The molecule has 1 aliphatic heterocycles. The van der Waals surface area contributed by atoms with Crippen molar-refractivity contribution in [1.29, 1.82) is 0 Å². The molecule has 7 heteroatoms. The number of rotatable bonds is 2. The molecule has 1 N–H and O–H groups in total. The van der Waals surface area contributed by atoms with Crippen LogP contribution in [0.2, 0.25) is 0 Å². The number of carbonyl (C=O) groups is 1. The molecule has 1 aromatic carbocycles. The van der Waals surface area contributed by atoms with Crippen molar-refractivity contribution in [2.24, 2.45) is 10.5 Å². The fraction of sp³-hybridized carbons (Fsp3) is 0.467. The summed E-state index contributed by atoms with van der Waals surface area (Å²) in [5, 5.41) is 26.9. The summed E-state index contributed by atoms with van der Waals surface area (Å²) in [7, 11) is 0. The van der Waals surface area contributed by atoms with E-state index < -0.39 is 22.0 Å². The lowest BCUT2D eigenvalue weighted by atomic mass is 9.80. The highest BCUT2D eigenvalue weighted by molar-refractivity contribution is 5.98. The number of nitro groups is 1. The summed E-state index contributed by atoms with van der Waals surface area (Å²) in [5.41, 5.74) is -1.50. The van der Waals surface area contributed by atoms with Gasteiger partial charge in [0.05, 0.1) is 4.92 Å². The van der Waals surface area contributed by atoms with Crippen LogP contribution < -0.4 is 0 Å². The zero-order valence-corrected chi connectivity index (χ0v) is 13.0. The van der Waals surface area contributed by atoms with E-state index in [0.717, 1.165) is 5.01 Å². The Morgan fingerprint density at radius 2 is 2.09 bits per heavy atom.